The minimum absolute atomic E-state index is 0.375. The Hall–Kier alpha value is -4.59. The molecule has 1 aromatic heterocycles. The molecule has 0 aliphatic heterocycles. The maximum atomic E-state index is 12.2. The van der Waals surface area contributed by atoms with Crippen LogP contribution in [-0.4, -0.2) is 28.3 Å². The van der Waals surface area contributed by atoms with Gasteiger partial charge >= 0.3 is 5.97 Å². The largest absolute Gasteiger partial charge is 0.452 e. The lowest BCUT2D eigenvalue weighted by Gasteiger charge is -2.07. The van der Waals surface area contributed by atoms with E-state index in [1.54, 1.807) is 47.3 Å². The molecule has 4 rings (SSSR count). The first-order valence-electron chi connectivity index (χ1n) is 10.3. The minimum atomic E-state index is -0.563. The molecule has 1 heterocycles. The maximum absolute atomic E-state index is 12.2. The molecule has 8 nitrogen and oxygen atoms in total. The van der Waals surface area contributed by atoms with Crippen molar-refractivity contribution in [3.63, 3.8) is 0 Å². The van der Waals surface area contributed by atoms with Gasteiger partial charge in [-0.3, -0.25) is 9.48 Å². The Morgan fingerprint density at radius 2 is 1.55 bits per heavy atom. The molecule has 0 radical (unpaired) electrons. The summed E-state index contributed by atoms with van der Waals surface area (Å²) in [6.07, 6.45) is 3.57. The van der Waals surface area contributed by atoms with E-state index in [1.165, 1.54) is 0 Å². The third-order valence-corrected chi connectivity index (χ3v) is 4.62. The van der Waals surface area contributed by atoms with Crippen molar-refractivity contribution in [1.82, 2.24) is 9.78 Å². The van der Waals surface area contributed by atoms with Gasteiger partial charge in [0.15, 0.2) is 6.61 Å². The van der Waals surface area contributed by atoms with Crippen LogP contribution in [0.1, 0.15) is 15.9 Å². The number of aromatic nitrogens is 2. The number of carbonyl (C=O) groups excluding carboxylic acids is 2. The van der Waals surface area contributed by atoms with Crippen LogP contribution < -0.4 is 5.32 Å². The molecule has 0 spiro atoms. The van der Waals surface area contributed by atoms with Crippen molar-refractivity contribution >= 4 is 28.9 Å². The number of anilines is 1. The van der Waals surface area contributed by atoms with Gasteiger partial charge in [-0.15, -0.1) is 0 Å². The minimum Gasteiger partial charge on any atom is -0.452 e. The molecule has 0 aliphatic rings. The number of esters is 1. The number of carbonyl (C=O) groups is 2. The van der Waals surface area contributed by atoms with Gasteiger partial charge in [-0.05, 0) is 60.2 Å². The van der Waals surface area contributed by atoms with Gasteiger partial charge < -0.3 is 10.1 Å². The third-order valence-electron chi connectivity index (χ3n) is 4.62. The number of hydrogen-bond acceptors (Lipinski definition) is 6. The lowest BCUT2D eigenvalue weighted by Crippen LogP contribution is -2.20. The van der Waals surface area contributed by atoms with E-state index < -0.39 is 11.9 Å². The zero-order chi connectivity index (χ0) is 22.9. The van der Waals surface area contributed by atoms with E-state index in [0.717, 1.165) is 11.3 Å². The van der Waals surface area contributed by atoms with Gasteiger partial charge in [0.2, 0.25) is 0 Å². The quantitative estimate of drug-likeness (QED) is 0.303. The van der Waals surface area contributed by atoms with Gasteiger partial charge in [0, 0.05) is 18.1 Å². The van der Waals surface area contributed by atoms with Crippen LogP contribution in [0.2, 0.25) is 0 Å². The predicted molar refractivity (Wildman–Crippen MR) is 124 cm³/mol. The van der Waals surface area contributed by atoms with E-state index in [1.807, 2.05) is 54.7 Å². The Bertz CT molecular complexity index is 1220. The Kier molecular flexibility index (Phi) is 6.97. The van der Waals surface area contributed by atoms with Crippen LogP contribution in [0.5, 0.6) is 0 Å². The summed E-state index contributed by atoms with van der Waals surface area (Å²) < 4.78 is 6.91. The number of amides is 1. The molecule has 0 aliphatic carbocycles. The van der Waals surface area contributed by atoms with Crippen molar-refractivity contribution in [2.45, 2.75) is 6.54 Å². The summed E-state index contributed by atoms with van der Waals surface area (Å²) in [5.41, 5.74) is 3.35. The number of azo groups is 1. The molecule has 0 saturated heterocycles. The summed E-state index contributed by atoms with van der Waals surface area (Å²) in [6, 6.07) is 25.1. The first-order chi connectivity index (χ1) is 16.2. The molecule has 4 aromatic rings. The second-order valence-electron chi connectivity index (χ2n) is 7.11. The highest BCUT2D eigenvalue weighted by Gasteiger charge is 2.11. The smallest absolute Gasteiger partial charge is 0.338 e. The molecule has 0 bridgehead atoms. The van der Waals surface area contributed by atoms with Crippen LogP contribution in [0.3, 0.4) is 0 Å². The highest BCUT2D eigenvalue weighted by molar-refractivity contribution is 5.95. The molecule has 33 heavy (non-hydrogen) atoms. The first-order valence-corrected chi connectivity index (χ1v) is 10.3. The number of benzene rings is 3. The van der Waals surface area contributed by atoms with Crippen LogP contribution in [-0.2, 0) is 16.1 Å². The number of ether oxygens (including phenoxy) is 1. The second-order valence-corrected chi connectivity index (χ2v) is 7.11. The van der Waals surface area contributed by atoms with Gasteiger partial charge in [0.25, 0.3) is 5.91 Å². The SMILES string of the molecule is O=C(COC(=O)c1ccc(Cn2cccn2)cc1)Nc1ccc(N=Nc2ccccc2)cc1. The standard InChI is InChI=1S/C25H21N5O3/c31-24(27-21-11-13-23(14-12-21)29-28-22-5-2-1-3-6-22)18-33-25(32)20-9-7-19(8-10-20)17-30-16-4-15-26-30/h1-16H,17-18H2,(H,27,31). The second kappa shape index (κ2) is 10.6. The molecule has 1 N–H and O–H groups in total. The average molecular weight is 439 g/mol. The first kappa shape index (κ1) is 21.6. The van der Waals surface area contributed by atoms with E-state index in [0.29, 0.717) is 23.5 Å². The van der Waals surface area contributed by atoms with Crippen molar-refractivity contribution in [3.8, 4) is 0 Å². The summed E-state index contributed by atoms with van der Waals surface area (Å²) in [5, 5.41) is 15.1. The molecule has 0 fully saturated rings. The number of nitrogens with one attached hydrogen (secondary N) is 1. The van der Waals surface area contributed by atoms with E-state index in [9.17, 15) is 9.59 Å². The van der Waals surface area contributed by atoms with Gasteiger partial charge in [0.1, 0.15) is 0 Å². The summed E-state index contributed by atoms with van der Waals surface area (Å²) in [6.45, 7) is 0.223. The average Bonchev–Trinajstić information content (AvgIpc) is 3.36. The topological polar surface area (TPSA) is 97.9 Å². The fourth-order valence-electron chi connectivity index (χ4n) is 2.96. The number of nitrogens with zero attached hydrogens (tertiary/aromatic N) is 4. The maximum Gasteiger partial charge on any atom is 0.338 e. The van der Waals surface area contributed by atoms with Crippen LogP contribution in [0.15, 0.2) is 108 Å². The lowest BCUT2D eigenvalue weighted by atomic mass is 10.1. The van der Waals surface area contributed by atoms with Crippen LogP contribution in [0.4, 0.5) is 17.1 Å². The van der Waals surface area contributed by atoms with E-state index in [2.05, 4.69) is 20.6 Å². The van der Waals surface area contributed by atoms with Crippen molar-refractivity contribution in [3.05, 3.63) is 108 Å². The fourth-order valence-corrected chi connectivity index (χ4v) is 2.96. The van der Waals surface area contributed by atoms with E-state index >= 15 is 0 Å². The molecule has 3 aromatic carbocycles. The van der Waals surface area contributed by atoms with E-state index in [4.69, 9.17) is 4.74 Å². The molecular formula is C25H21N5O3. The van der Waals surface area contributed by atoms with Crippen molar-refractivity contribution in [1.29, 1.82) is 0 Å². The Morgan fingerprint density at radius 3 is 2.21 bits per heavy atom. The zero-order valence-electron chi connectivity index (χ0n) is 17.7. The molecular weight excluding hydrogens is 418 g/mol. The van der Waals surface area contributed by atoms with Crippen LogP contribution in [0.25, 0.3) is 0 Å². The molecule has 164 valence electrons. The molecule has 0 saturated carbocycles. The van der Waals surface area contributed by atoms with Crippen LogP contribution >= 0.6 is 0 Å². The van der Waals surface area contributed by atoms with E-state index in [-0.39, 0.29) is 6.61 Å². The summed E-state index contributed by atoms with van der Waals surface area (Å²) >= 11 is 0. The highest BCUT2D eigenvalue weighted by atomic mass is 16.5. The van der Waals surface area contributed by atoms with Crippen molar-refractivity contribution in [2.75, 3.05) is 11.9 Å². The van der Waals surface area contributed by atoms with Gasteiger partial charge in [-0.2, -0.15) is 15.3 Å². The summed E-state index contributed by atoms with van der Waals surface area (Å²) in [7, 11) is 0. The Morgan fingerprint density at radius 1 is 0.848 bits per heavy atom. The van der Waals surface area contributed by atoms with Crippen molar-refractivity contribution in [2.24, 2.45) is 10.2 Å². The fraction of sp³-hybridized carbons (Fsp3) is 0.0800. The van der Waals surface area contributed by atoms with Crippen molar-refractivity contribution < 1.29 is 14.3 Å². The third kappa shape index (κ3) is 6.44. The zero-order valence-corrected chi connectivity index (χ0v) is 17.7. The summed E-state index contributed by atoms with van der Waals surface area (Å²) in [5.74, 6) is -0.996. The lowest BCUT2D eigenvalue weighted by molar-refractivity contribution is -0.119. The molecule has 0 unspecified atom stereocenters. The van der Waals surface area contributed by atoms with Crippen LogP contribution in [0, 0.1) is 0 Å². The predicted octanol–water partition coefficient (Wildman–Crippen LogP) is 5.14. The molecule has 8 heteroatoms. The van der Waals surface area contributed by atoms with Gasteiger partial charge in [-0.1, -0.05) is 30.3 Å². The monoisotopic (exact) mass is 439 g/mol. The Balaban J connectivity index is 1.24. The normalized spacial score (nSPS) is 10.8. The Labute approximate surface area is 190 Å². The number of hydrogen-bond donors (Lipinski definition) is 1. The molecule has 1 amide bonds. The number of rotatable bonds is 8. The van der Waals surface area contributed by atoms with Gasteiger partial charge in [-0.25, -0.2) is 4.79 Å². The highest BCUT2D eigenvalue weighted by Crippen LogP contribution is 2.20. The molecule has 0 atom stereocenters. The van der Waals surface area contributed by atoms with Gasteiger partial charge in [0.05, 0.1) is 23.5 Å². The summed E-state index contributed by atoms with van der Waals surface area (Å²) in [4.78, 5) is 24.4.